The van der Waals surface area contributed by atoms with Crippen molar-refractivity contribution in [3.05, 3.63) is 114 Å². The van der Waals surface area contributed by atoms with E-state index in [9.17, 15) is 8.42 Å². The number of nitrogens with zero attached hydrogens (tertiary/aromatic N) is 1. The van der Waals surface area contributed by atoms with Gasteiger partial charge in [-0.2, -0.15) is 4.31 Å². The third kappa shape index (κ3) is 5.44. The Bertz CT molecular complexity index is 1350. The first-order chi connectivity index (χ1) is 18.0. The normalized spacial score (nSPS) is 17.7. The number of allylic oxidation sites excluding steroid dienone is 1. The molecular weight excluding hydrogens is 507 g/mol. The van der Waals surface area contributed by atoms with E-state index in [2.05, 4.69) is 75.9 Å². The maximum Gasteiger partial charge on any atom is 0.319 e. The lowest BCUT2D eigenvalue weighted by Crippen LogP contribution is -2.66. The first-order valence-electron chi connectivity index (χ1n) is 13.2. The molecule has 0 amide bonds. The molecule has 0 spiro atoms. The summed E-state index contributed by atoms with van der Waals surface area (Å²) in [6.07, 6.45) is 2.48. The number of aryl methyl sites for hydroxylation is 1. The molecule has 3 aromatic rings. The third-order valence-electron chi connectivity index (χ3n) is 7.46. The molecule has 1 heterocycles. The van der Waals surface area contributed by atoms with Gasteiger partial charge < -0.3 is 4.43 Å². The molecule has 0 saturated carbocycles. The van der Waals surface area contributed by atoms with Crippen molar-refractivity contribution in [2.75, 3.05) is 13.1 Å². The Balaban J connectivity index is 1.83. The highest BCUT2D eigenvalue weighted by atomic mass is 32.2. The van der Waals surface area contributed by atoms with Gasteiger partial charge in [0.25, 0.3) is 0 Å². The predicted molar refractivity (Wildman–Crippen MR) is 160 cm³/mol. The van der Waals surface area contributed by atoms with Gasteiger partial charge in [-0.25, -0.2) is 8.42 Å². The van der Waals surface area contributed by atoms with Crippen molar-refractivity contribution in [3.8, 4) is 0 Å². The van der Waals surface area contributed by atoms with Gasteiger partial charge in [0.15, 0.2) is 0 Å². The van der Waals surface area contributed by atoms with Crippen LogP contribution in [0.4, 0.5) is 0 Å². The van der Waals surface area contributed by atoms with E-state index >= 15 is 0 Å². The molecule has 3 aromatic carbocycles. The summed E-state index contributed by atoms with van der Waals surface area (Å²) in [5.74, 6) is 0.812. The second-order valence-electron chi connectivity index (χ2n) is 11.3. The zero-order chi connectivity index (χ0) is 27.6. The summed E-state index contributed by atoms with van der Waals surface area (Å²) in [7, 11) is -6.51. The molecule has 1 aliphatic heterocycles. The summed E-state index contributed by atoms with van der Waals surface area (Å²) in [5.41, 5.74) is 1.97. The van der Waals surface area contributed by atoms with Crippen LogP contribution in [-0.2, 0) is 14.4 Å². The highest BCUT2D eigenvalue weighted by Crippen LogP contribution is 2.40. The van der Waals surface area contributed by atoms with Crippen LogP contribution in [0.15, 0.2) is 114 Å². The average Bonchev–Trinajstić information content (AvgIpc) is 3.06. The van der Waals surface area contributed by atoms with Crippen LogP contribution < -0.4 is 10.4 Å². The monoisotopic (exact) mass is 545 g/mol. The zero-order valence-electron chi connectivity index (χ0n) is 23.1. The minimum Gasteiger partial charge on any atom is -0.537 e. The van der Waals surface area contributed by atoms with E-state index in [1.165, 1.54) is 10.4 Å². The summed E-state index contributed by atoms with van der Waals surface area (Å²) >= 11 is 0. The van der Waals surface area contributed by atoms with Crippen molar-refractivity contribution in [1.82, 2.24) is 4.31 Å². The van der Waals surface area contributed by atoms with E-state index in [1.807, 2.05) is 44.2 Å². The second-order valence-corrected chi connectivity index (χ2v) is 17.4. The molecule has 4 nitrogen and oxygen atoms in total. The van der Waals surface area contributed by atoms with Crippen molar-refractivity contribution in [3.63, 3.8) is 0 Å². The molecule has 200 valence electrons. The molecular formula is C32H39NO3SSi. The fourth-order valence-corrected chi connectivity index (χ4v) is 11.4. The van der Waals surface area contributed by atoms with Crippen LogP contribution in [-0.4, -0.2) is 34.1 Å². The van der Waals surface area contributed by atoms with Crippen LogP contribution in [0.3, 0.4) is 0 Å². The molecule has 0 saturated heterocycles. The number of rotatable bonds is 7. The van der Waals surface area contributed by atoms with Crippen LogP contribution in [0, 0.1) is 12.8 Å². The van der Waals surface area contributed by atoms with Crippen LogP contribution >= 0.6 is 0 Å². The van der Waals surface area contributed by atoms with Gasteiger partial charge in [-0.3, -0.25) is 0 Å². The smallest absolute Gasteiger partial charge is 0.319 e. The molecule has 0 radical (unpaired) electrons. The molecule has 4 rings (SSSR count). The summed E-state index contributed by atoms with van der Waals surface area (Å²) in [4.78, 5) is 0.315. The first kappa shape index (κ1) is 28.1. The first-order valence-corrected chi connectivity index (χ1v) is 16.5. The molecule has 0 unspecified atom stereocenters. The maximum atomic E-state index is 13.7. The number of benzene rings is 3. The Morgan fingerprint density at radius 1 is 0.895 bits per heavy atom. The van der Waals surface area contributed by atoms with Gasteiger partial charge in [-0.1, -0.05) is 105 Å². The largest absolute Gasteiger partial charge is 0.537 e. The van der Waals surface area contributed by atoms with E-state index < -0.39 is 18.3 Å². The Morgan fingerprint density at radius 2 is 1.42 bits per heavy atom. The van der Waals surface area contributed by atoms with Crippen molar-refractivity contribution in [2.45, 2.75) is 51.0 Å². The highest BCUT2D eigenvalue weighted by molar-refractivity contribution is 7.89. The topological polar surface area (TPSA) is 46.6 Å². The van der Waals surface area contributed by atoms with Gasteiger partial charge in [0.05, 0.1) is 10.7 Å². The van der Waals surface area contributed by atoms with Gasteiger partial charge in [0.1, 0.15) is 0 Å². The van der Waals surface area contributed by atoms with Crippen LogP contribution in [0.25, 0.3) is 0 Å². The Labute approximate surface area is 229 Å². The molecule has 1 aliphatic rings. The van der Waals surface area contributed by atoms with Gasteiger partial charge in [-0.05, 0) is 52.9 Å². The number of hydrogen-bond acceptors (Lipinski definition) is 3. The van der Waals surface area contributed by atoms with Gasteiger partial charge in [0, 0.05) is 19.5 Å². The SMILES string of the molecule is C=C[C@@H]1CC(O[Si](c2ccccc2)(c2ccccc2)C(C)(C)C)=C(C)CN(S(=O)(=O)c2ccc(C)cc2)C1. The van der Waals surface area contributed by atoms with Crippen molar-refractivity contribution in [2.24, 2.45) is 5.92 Å². The molecule has 0 bridgehead atoms. The lowest BCUT2D eigenvalue weighted by Gasteiger charge is -2.44. The lowest BCUT2D eigenvalue weighted by molar-refractivity contribution is 0.353. The quantitative estimate of drug-likeness (QED) is 0.269. The Kier molecular flexibility index (Phi) is 8.16. The molecule has 38 heavy (non-hydrogen) atoms. The highest BCUT2D eigenvalue weighted by Gasteiger charge is 2.52. The third-order valence-corrected chi connectivity index (χ3v) is 14.2. The molecule has 1 atom stereocenters. The Morgan fingerprint density at radius 3 is 1.89 bits per heavy atom. The second kappa shape index (κ2) is 11.0. The van der Waals surface area contributed by atoms with Crippen molar-refractivity contribution < 1.29 is 12.8 Å². The average molecular weight is 546 g/mol. The van der Waals surface area contributed by atoms with Crippen molar-refractivity contribution in [1.29, 1.82) is 0 Å². The standard InChI is InChI=1S/C32H39NO3SSi/c1-7-27-22-31(26(3)23-33(24-27)37(34,35)28-20-18-25(2)19-21-28)36-38(32(4,5)6,29-14-10-8-11-15-29)30-16-12-9-13-17-30/h7-21,27H,1,22-24H2,2-6H3/t27-/m1/s1. The zero-order valence-corrected chi connectivity index (χ0v) is 25.0. The maximum absolute atomic E-state index is 13.7. The van der Waals surface area contributed by atoms with E-state index in [0.29, 0.717) is 17.9 Å². The fraction of sp³-hybridized carbons (Fsp3) is 0.312. The molecule has 0 aromatic heterocycles. The lowest BCUT2D eigenvalue weighted by atomic mass is 10.0. The van der Waals surface area contributed by atoms with Gasteiger partial charge >= 0.3 is 8.32 Å². The van der Waals surface area contributed by atoms with Crippen molar-refractivity contribution >= 4 is 28.7 Å². The van der Waals surface area contributed by atoms with Crippen LogP contribution in [0.1, 0.15) is 39.7 Å². The summed E-state index contributed by atoms with van der Waals surface area (Å²) in [6.45, 7) is 15.4. The molecule has 6 heteroatoms. The number of hydrogen-bond donors (Lipinski definition) is 0. The van der Waals surface area contributed by atoms with E-state index in [0.717, 1.165) is 16.9 Å². The van der Waals surface area contributed by atoms with Crippen LogP contribution in [0.5, 0.6) is 0 Å². The van der Waals surface area contributed by atoms with E-state index in [1.54, 1.807) is 16.4 Å². The fourth-order valence-electron chi connectivity index (χ4n) is 5.32. The molecule has 0 fully saturated rings. The van der Waals surface area contributed by atoms with E-state index in [4.69, 9.17) is 4.43 Å². The minimum atomic E-state index is -3.67. The minimum absolute atomic E-state index is 0.0686. The molecule has 0 N–H and O–H groups in total. The Hall–Kier alpha value is -2.93. The van der Waals surface area contributed by atoms with E-state index in [-0.39, 0.29) is 17.5 Å². The summed E-state index contributed by atoms with van der Waals surface area (Å²) in [6, 6.07) is 28.1. The summed E-state index contributed by atoms with van der Waals surface area (Å²) in [5, 5.41) is 2.21. The summed E-state index contributed by atoms with van der Waals surface area (Å²) < 4.78 is 36.3. The van der Waals surface area contributed by atoms with Gasteiger partial charge in [0.2, 0.25) is 10.0 Å². The molecule has 0 aliphatic carbocycles. The van der Waals surface area contributed by atoms with Crippen LogP contribution in [0.2, 0.25) is 5.04 Å². The van der Waals surface area contributed by atoms with Gasteiger partial charge in [-0.15, -0.1) is 6.58 Å². The predicted octanol–water partition coefficient (Wildman–Crippen LogP) is 6.04. The number of sulfonamides is 1.